The molecule has 0 unspecified atom stereocenters. The summed E-state index contributed by atoms with van der Waals surface area (Å²) in [5.74, 6) is -0.114. The van der Waals surface area contributed by atoms with Crippen molar-refractivity contribution in [3.05, 3.63) is 30.3 Å². The van der Waals surface area contributed by atoms with Crippen LogP contribution in [0.3, 0.4) is 0 Å². The smallest absolute Gasteiger partial charge is 0.249 e. The van der Waals surface area contributed by atoms with Gasteiger partial charge in [-0.15, -0.1) is 0 Å². The van der Waals surface area contributed by atoms with E-state index in [0.29, 0.717) is 32.5 Å². The van der Waals surface area contributed by atoms with E-state index < -0.39 is 6.04 Å². The van der Waals surface area contributed by atoms with E-state index in [1.165, 1.54) is 0 Å². The molecule has 0 aromatic heterocycles. The molecule has 22 heavy (non-hydrogen) atoms. The molecule has 1 aliphatic heterocycles. The molecule has 1 N–H and O–H groups in total. The molecular formula is C17H24N2O3. The summed E-state index contributed by atoms with van der Waals surface area (Å²) in [5.41, 5.74) is 0.882. The van der Waals surface area contributed by atoms with Crippen LogP contribution < -0.4 is 10.2 Å². The van der Waals surface area contributed by atoms with E-state index in [0.717, 1.165) is 5.69 Å². The highest BCUT2D eigenvalue weighted by molar-refractivity contribution is 6.01. The molecule has 5 nitrogen and oxygen atoms in total. The fourth-order valence-corrected chi connectivity index (χ4v) is 2.77. The van der Waals surface area contributed by atoms with E-state index in [1.54, 1.807) is 4.90 Å². The summed E-state index contributed by atoms with van der Waals surface area (Å²) in [5, 5.41) is 2.85. The number of carbonyl (C=O) groups excluding carboxylic acids is 2. The summed E-state index contributed by atoms with van der Waals surface area (Å²) < 4.78 is 5.21. The molecule has 5 heteroatoms. The second-order valence-electron chi connectivity index (χ2n) is 5.55. The van der Waals surface area contributed by atoms with Gasteiger partial charge in [0.25, 0.3) is 0 Å². The quantitative estimate of drug-likeness (QED) is 0.785. The summed E-state index contributed by atoms with van der Waals surface area (Å²) in [6.07, 6.45) is 1.72. The number of nitrogens with one attached hydrogen (secondary N) is 1. The zero-order valence-corrected chi connectivity index (χ0v) is 13.2. The first-order chi connectivity index (χ1) is 10.6. The molecule has 0 saturated carbocycles. The van der Waals surface area contributed by atoms with Gasteiger partial charge < -0.3 is 15.0 Å². The molecule has 0 aliphatic carbocycles. The van der Waals surface area contributed by atoms with Crippen LogP contribution in [0.4, 0.5) is 5.69 Å². The Morgan fingerprint density at radius 1 is 1.36 bits per heavy atom. The third-order valence-electron chi connectivity index (χ3n) is 3.82. The molecule has 0 spiro atoms. The van der Waals surface area contributed by atoms with Crippen LogP contribution in [0.2, 0.25) is 0 Å². The van der Waals surface area contributed by atoms with E-state index in [4.69, 9.17) is 4.74 Å². The van der Waals surface area contributed by atoms with Crippen molar-refractivity contribution >= 4 is 17.5 Å². The van der Waals surface area contributed by atoms with Crippen LogP contribution in [0.5, 0.6) is 0 Å². The average Bonchev–Trinajstić information content (AvgIpc) is 2.79. The van der Waals surface area contributed by atoms with E-state index in [1.807, 2.05) is 44.2 Å². The predicted molar refractivity (Wildman–Crippen MR) is 85.7 cm³/mol. The van der Waals surface area contributed by atoms with Gasteiger partial charge >= 0.3 is 0 Å². The molecule has 1 heterocycles. The second-order valence-corrected chi connectivity index (χ2v) is 5.55. The molecule has 2 atom stereocenters. The SMILES string of the molecule is CCOCCCC(=O)N[C@H]1C[C@H](C)N(c2ccccc2)C1=O. The number of carbonyl (C=O) groups is 2. The van der Waals surface area contributed by atoms with Crippen molar-refractivity contribution in [2.45, 2.75) is 45.2 Å². The van der Waals surface area contributed by atoms with Crippen LogP contribution >= 0.6 is 0 Å². The second kappa shape index (κ2) is 7.94. The molecule has 1 fully saturated rings. The summed E-state index contributed by atoms with van der Waals surface area (Å²) in [7, 11) is 0. The molecule has 1 saturated heterocycles. The Kier molecular flexibility index (Phi) is 5.95. The number of ether oxygens (including phenoxy) is 1. The van der Waals surface area contributed by atoms with Crippen molar-refractivity contribution in [1.29, 1.82) is 0 Å². The van der Waals surface area contributed by atoms with Crippen LogP contribution in [0.25, 0.3) is 0 Å². The third-order valence-corrected chi connectivity index (χ3v) is 3.82. The Hall–Kier alpha value is -1.88. The molecule has 1 aliphatic rings. The lowest BCUT2D eigenvalue weighted by atomic mass is 10.2. The molecule has 2 amide bonds. The van der Waals surface area contributed by atoms with Crippen molar-refractivity contribution in [2.75, 3.05) is 18.1 Å². The average molecular weight is 304 g/mol. The number of amides is 2. The van der Waals surface area contributed by atoms with E-state index in [2.05, 4.69) is 5.32 Å². The number of hydrogen-bond acceptors (Lipinski definition) is 3. The molecule has 0 bridgehead atoms. The highest BCUT2D eigenvalue weighted by Crippen LogP contribution is 2.26. The van der Waals surface area contributed by atoms with E-state index in [9.17, 15) is 9.59 Å². The van der Waals surface area contributed by atoms with Gasteiger partial charge in [-0.2, -0.15) is 0 Å². The van der Waals surface area contributed by atoms with Crippen LogP contribution in [-0.2, 0) is 14.3 Å². The summed E-state index contributed by atoms with van der Waals surface area (Å²) in [6.45, 7) is 5.17. The van der Waals surface area contributed by atoms with Crippen LogP contribution in [0.15, 0.2) is 30.3 Å². The zero-order chi connectivity index (χ0) is 15.9. The zero-order valence-electron chi connectivity index (χ0n) is 13.2. The lowest BCUT2D eigenvalue weighted by Crippen LogP contribution is -2.41. The van der Waals surface area contributed by atoms with Gasteiger partial charge in [0.15, 0.2) is 0 Å². The van der Waals surface area contributed by atoms with Crippen molar-refractivity contribution in [2.24, 2.45) is 0 Å². The number of hydrogen-bond donors (Lipinski definition) is 1. The van der Waals surface area contributed by atoms with Gasteiger partial charge in [0, 0.05) is 31.4 Å². The van der Waals surface area contributed by atoms with Crippen molar-refractivity contribution in [1.82, 2.24) is 5.32 Å². The van der Waals surface area contributed by atoms with Gasteiger partial charge in [-0.25, -0.2) is 0 Å². The Morgan fingerprint density at radius 2 is 2.09 bits per heavy atom. The Labute approximate surface area is 131 Å². The monoisotopic (exact) mass is 304 g/mol. The van der Waals surface area contributed by atoms with Gasteiger partial charge in [-0.05, 0) is 38.8 Å². The maximum absolute atomic E-state index is 12.5. The first kappa shape index (κ1) is 16.5. The predicted octanol–water partition coefficient (Wildman–Crippen LogP) is 2.11. The number of nitrogens with zero attached hydrogens (tertiary/aromatic N) is 1. The molecule has 0 radical (unpaired) electrons. The van der Waals surface area contributed by atoms with E-state index >= 15 is 0 Å². The first-order valence-corrected chi connectivity index (χ1v) is 7.88. The molecule has 2 rings (SSSR count). The largest absolute Gasteiger partial charge is 0.382 e. The molecular weight excluding hydrogens is 280 g/mol. The molecule has 120 valence electrons. The molecule has 1 aromatic rings. The van der Waals surface area contributed by atoms with Gasteiger partial charge in [0.05, 0.1) is 0 Å². The van der Waals surface area contributed by atoms with Gasteiger partial charge in [-0.3, -0.25) is 9.59 Å². The number of benzene rings is 1. The van der Waals surface area contributed by atoms with Gasteiger partial charge in [0.2, 0.25) is 11.8 Å². The summed E-state index contributed by atoms with van der Waals surface area (Å²) >= 11 is 0. The number of para-hydroxylation sites is 1. The van der Waals surface area contributed by atoms with Crippen molar-refractivity contribution in [3.8, 4) is 0 Å². The topological polar surface area (TPSA) is 58.6 Å². The van der Waals surface area contributed by atoms with Crippen molar-refractivity contribution < 1.29 is 14.3 Å². The number of rotatable bonds is 7. The van der Waals surface area contributed by atoms with Crippen LogP contribution in [0.1, 0.15) is 33.1 Å². The summed E-state index contributed by atoms with van der Waals surface area (Å²) in [6, 6.07) is 9.25. The molecule has 1 aromatic carbocycles. The van der Waals surface area contributed by atoms with Gasteiger partial charge in [0.1, 0.15) is 6.04 Å². The lowest BCUT2D eigenvalue weighted by molar-refractivity contribution is -0.126. The Balaban J connectivity index is 1.89. The number of anilines is 1. The lowest BCUT2D eigenvalue weighted by Gasteiger charge is -2.21. The first-order valence-electron chi connectivity index (χ1n) is 7.88. The third kappa shape index (κ3) is 4.07. The Bertz CT molecular complexity index is 504. The maximum atomic E-state index is 12.5. The fraction of sp³-hybridized carbons (Fsp3) is 0.529. The minimum atomic E-state index is -0.421. The van der Waals surface area contributed by atoms with E-state index in [-0.39, 0.29) is 17.9 Å². The van der Waals surface area contributed by atoms with Crippen LogP contribution in [-0.4, -0.2) is 37.1 Å². The van der Waals surface area contributed by atoms with Crippen LogP contribution in [0, 0.1) is 0 Å². The standard InChI is InChI=1S/C17H24N2O3/c1-3-22-11-7-10-16(20)18-15-12-13(2)19(17(15)21)14-8-5-4-6-9-14/h4-6,8-9,13,15H,3,7,10-12H2,1-2H3,(H,18,20)/t13-,15-/m0/s1. The maximum Gasteiger partial charge on any atom is 0.249 e. The van der Waals surface area contributed by atoms with Crippen molar-refractivity contribution in [3.63, 3.8) is 0 Å². The minimum absolute atomic E-state index is 0.0307. The summed E-state index contributed by atoms with van der Waals surface area (Å²) in [4.78, 5) is 26.2. The normalized spacial score (nSPS) is 21.2. The fourth-order valence-electron chi connectivity index (χ4n) is 2.77. The Morgan fingerprint density at radius 3 is 2.77 bits per heavy atom. The van der Waals surface area contributed by atoms with Gasteiger partial charge in [-0.1, -0.05) is 18.2 Å². The highest BCUT2D eigenvalue weighted by Gasteiger charge is 2.38. The highest BCUT2D eigenvalue weighted by atomic mass is 16.5. The minimum Gasteiger partial charge on any atom is -0.382 e.